The number of piperidine rings is 1. The van der Waals surface area contributed by atoms with Crippen LogP contribution in [-0.2, 0) is 0 Å². The fourth-order valence-corrected chi connectivity index (χ4v) is 5.11. The molecule has 0 bridgehead atoms. The van der Waals surface area contributed by atoms with E-state index in [1.54, 1.807) is 0 Å². The van der Waals surface area contributed by atoms with Crippen LogP contribution in [0.1, 0.15) is 25.7 Å². The largest absolute Gasteiger partial charge is 0.339 e. The van der Waals surface area contributed by atoms with E-state index in [2.05, 4.69) is 4.57 Å². The van der Waals surface area contributed by atoms with Crippen LogP contribution in [0.3, 0.4) is 0 Å². The summed E-state index contributed by atoms with van der Waals surface area (Å²) in [6.07, 6.45) is 5.62. The first-order valence-corrected chi connectivity index (χ1v) is 7.29. The molecule has 0 saturated carbocycles. The van der Waals surface area contributed by atoms with Gasteiger partial charge in [0.05, 0.1) is 0 Å². The molecule has 0 aromatic rings. The zero-order chi connectivity index (χ0) is 7.73. The predicted octanol–water partition coefficient (Wildman–Crippen LogP) is 1.28. The number of rotatable bonds is 1. The summed E-state index contributed by atoms with van der Waals surface area (Å²) in [7, 11) is -1.26. The normalized spacial score (nSPS) is 31.4. The van der Waals surface area contributed by atoms with Gasteiger partial charge in [-0.1, -0.05) is 12.8 Å². The van der Waals surface area contributed by atoms with E-state index in [9.17, 15) is 0 Å². The second-order valence-electron chi connectivity index (χ2n) is 4.00. The van der Waals surface area contributed by atoms with Crippen molar-refractivity contribution < 1.29 is 0 Å². The van der Waals surface area contributed by atoms with Gasteiger partial charge >= 0.3 is 0 Å². The van der Waals surface area contributed by atoms with Crippen molar-refractivity contribution in [3.05, 3.63) is 0 Å². The number of nitrogens with zero attached hydrogens (tertiary/aromatic N) is 1. The maximum atomic E-state index is 6.34. The minimum Gasteiger partial charge on any atom is -0.339 e. The van der Waals surface area contributed by atoms with Gasteiger partial charge in [-0.3, -0.25) is 0 Å². The van der Waals surface area contributed by atoms with Crippen molar-refractivity contribution in [3.8, 4) is 0 Å². The summed E-state index contributed by atoms with van der Waals surface area (Å²) in [5.74, 6) is 0. The molecular formula is C8H18N2Si. The first kappa shape index (κ1) is 7.77. The monoisotopic (exact) mass is 170 g/mol. The lowest BCUT2D eigenvalue weighted by molar-refractivity contribution is 0.329. The lowest BCUT2D eigenvalue weighted by atomic mass is 10.2. The van der Waals surface area contributed by atoms with Crippen LogP contribution in [0, 0.1) is 0 Å². The van der Waals surface area contributed by atoms with Gasteiger partial charge in [-0.15, -0.1) is 0 Å². The molecule has 11 heavy (non-hydrogen) atoms. The molecule has 0 radical (unpaired) electrons. The fourth-order valence-electron chi connectivity index (χ4n) is 2.19. The summed E-state index contributed by atoms with van der Waals surface area (Å²) < 4.78 is 2.64. The molecule has 2 fully saturated rings. The Morgan fingerprint density at radius 2 is 1.55 bits per heavy atom. The summed E-state index contributed by atoms with van der Waals surface area (Å²) in [5.41, 5.74) is 0. The quantitative estimate of drug-likeness (QED) is 0.601. The third-order valence-electron chi connectivity index (χ3n) is 3.21. The summed E-state index contributed by atoms with van der Waals surface area (Å²) >= 11 is 0. The van der Waals surface area contributed by atoms with Gasteiger partial charge in [0.25, 0.3) is 0 Å². The highest BCUT2D eigenvalue weighted by Gasteiger charge is 2.42. The molecule has 0 atom stereocenters. The molecule has 2 aliphatic heterocycles. The lowest BCUT2D eigenvalue weighted by Crippen LogP contribution is -2.66. The number of hydrogen-bond donors (Lipinski definition) is 1. The van der Waals surface area contributed by atoms with Gasteiger partial charge in [0, 0.05) is 0 Å². The molecule has 2 aliphatic rings. The fraction of sp³-hybridized carbons (Fsp3) is 1.00. The summed E-state index contributed by atoms with van der Waals surface area (Å²) in [4.78, 5) is 0. The van der Waals surface area contributed by atoms with Gasteiger partial charge < -0.3 is 9.96 Å². The van der Waals surface area contributed by atoms with Crippen molar-refractivity contribution in [2.24, 2.45) is 5.40 Å². The minimum absolute atomic E-state index is 1.26. The molecule has 0 unspecified atom stereocenters. The third kappa shape index (κ3) is 1.37. The predicted molar refractivity (Wildman–Crippen MR) is 49.6 cm³/mol. The van der Waals surface area contributed by atoms with Crippen molar-refractivity contribution in [2.45, 2.75) is 37.8 Å². The van der Waals surface area contributed by atoms with E-state index in [1.165, 1.54) is 50.9 Å². The molecule has 2 N–H and O–H groups in total. The van der Waals surface area contributed by atoms with Crippen molar-refractivity contribution >= 4 is 8.40 Å². The lowest BCUT2D eigenvalue weighted by Gasteiger charge is -2.46. The van der Waals surface area contributed by atoms with Crippen LogP contribution < -0.4 is 5.40 Å². The Hall–Kier alpha value is 0.137. The van der Waals surface area contributed by atoms with Crippen molar-refractivity contribution in [1.82, 2.24) is 4.57 Å². The first-order valence-electron chi connectivity index (χ1n) is 4.85. The Kier molecular flexibility index (Phi) is 2.04. The standard InChI is InChI=1S/C8H18N2Si/c9-11(7-4-8-11)10-5-2-1-3-6-10/h1-9H2. The highest BCUT2D eigenvalue weighted by atomic mass is 28.3. The Morgan fingerprint density at radius 3 is 2.00 bits per heavy atom. The zero-order valence-electron chi connectivity index (χ0n) is 7.18. The molecule has 2 heterocycles. The van der Waals surface area contributed by atoms with Crippen LogP contribution in [0.2, 0.25) is 12.1 Å². The van der Waals surface area contributed by atoms with Crippen LogP contribution in [0.15, 0.2) is 0 Å². The van der Waals surface area contributed by atoms with E-state index in [-0.39, 0.29) is 0 Å². The Labute approximate surface area is 69.9 Å². The highest BCUT2D eigenvalue weighted by molar-refractivity contribution is 6.76. The van der Waals surface area contributed by atoms with Crippen molar-refractivity contribution in [1.29, 1.82) is 0 Å². The van der Waals surface area contributed by atoms with Gasteiger partial charge in [0.15, 0.2) is 0 Å². The molecule has 3 heteroatoms. The van der Waals surface area contributed by atoms with E-state index in [0.29, 0.717) is 0 Å². The van der Waals surface area contributed by atoms with Crippen LogP contribution in [0.5, 0.6) is 0 Å². The van der Waals surface area contributed by atoms with E-state index in [0.717, 1.165) is 0 Å². The topological polar surface area (TPSA) is 29.3 Å². The van der Waals surface area contributed by atoms with Crippen LogP contribution in [0.25, 0.3) is 0 Å². The summed E-state index contributed by atoms with van der Waals surface area (Å²) in [5, 5.41) is 6.34. The van der Waals surface area contributed by atoms with Gasteiger partial charge in [0.1, 0.15) is 0 Å². The molecular weight excluding hydrogens is 152 g/mol. The zero-order valence-corrected chi connectivity index (χ0v) is 8.18. The van der Waals surface area contributed by atoms with E-state index < -0.39 is 8.40 Å². The summed E-state index contributed by atoms with van der Waals surface area (Å²) in [6, 6.07) is 2.74. The molecule has 0 amide bonds. The maximum Gasteiger partial charge on any atom is 0.201 e. The number of hydrogen-bond acceptors (Lipinski definition) is 2. The van der Waals surface area contributed by atoms with Crippen molar-refractivity contribution in [3.63, 3.8) is 0 Å². The molecule has 0 spiro atoms. The van der Waals surface area contributed by atoms with Crippen LogP contribution in [0.4, 0.5) is 0 Å². The van der Waals surface area contributed by atoms with Gasteiger partial charge in [0.2, 0.25) is 8.40 Å². The minimum atomic E-state index is -1.26. The second kappa shape index (κ2) is 2.88. The maximum absolute atomic E-state index is 6.34. The Balaban J connectivity index is 1.91. The first-order chi connectivity index (χ1) is 5.31. The second-order valence-corrected chi connectivity index (χ2v) is 7.84. The molecule has 0 aromatic heterocycles. The van der Waals surface area contributed by atoms with E-state index in [4.69, 9.17) is 5.40 Å². The van der Waals surface area contributed by atoms with Gasteiger partial charge in [-0.05, 0) is 38.0 Å². The summed E-state index contributed by atoms with van der Waals surface area (Å²) in [6.45, 7) is 2.62. The molecule has 2 saturated heterocycles. The third-order valence-corrected chi connectivity index (χ3v) is 7.35. The van der Waals surface area contributed by atoms with Gasteiger partial charge in [-0.25, -0.2) is 0 Å². The molecule has 64 valence electrons. The van der Waals surface area contributed by atoms with E-state index >= 15 is 0 Å². The average molecular weight is 170 g/mol. The molecule has 0 aromatic carbocycles. The molecule has 0 aliphatic carbocycles. The van der Waals surface area contributed by atoms with Crippen LogP contribution >= 0.6 is 0 Å². The Bertz CT molecular complexity index is 139. The smallest absolute Gasteiger partial charge is 0.201 e. The number of nitrogens with two attached hydrogens (primary N) is 1. The molecule has 2 rings (SSSR count). The van der Waals surface area contributed by atoms with Gasteiger partial charge in [-0.2, -0.15) is 0 Å². The SMILES string of the molecule is N[Si]1(N2CCCCC2)CCC1. The molecule has 2 nitrogen and oxygen atoms in total. The van der Waals surface area contributed by atoms with E-state index in [1.807, 2.05) is 0 Å². The Morgan fingerprint density at radius 1 is 0.909 bits per heavy atom. The van der Waals surface area contributed by atoms with Crippen molar-refractivity contribution in [2.75, 3.05) is 13.1 Å². The van der Waals surface area contributed by atoms with Crippen LogP contribution in [-0.4, -0.2) is 26.1 Å². The average Bonchev–Trinajstić information content (AvgIpc) is 2.02. The highest BCUT2D eigenvalue weighted by Crippen LogP contribution is 2.32.